The minimum Gasteiger partial charge on any atom is -0.463 e. The zero-order valence-corrected chi connectivity index (χ0v) is 16.8. The van der Waals surface area contributed by atoms with Gasteiger partial charge in [-0.25, -0.2) is 4.79 Å². The summed E-state index contributed by atoms with van der Waals surface area (Å²) in [6.45, 7) is 4.14. The number of alkyl carbamates (subject to hydrolysis) is 1. The lowest BCUT2D eigenvalue weighted by molar-refractivity contribution is -0.146. The van der Waals surface area contributed by atoms with Crippen LogP contribution >= 0.6 is 0 Å². The highest BCUT2D eigenvalue weighted by Crippen LogP contribution is 2.24. The molecule has 6 heteroatoms. The van der Waals surface area contributed by atoms with Crippen molar-refractivity contribution in [3.8, 4) is 0 Å². The zero-order valence-electron chi connectivity index (χ0n) is 16.8. The smallest absolute Gasteiger partial charge is 0.407 e. The lowest BCUT2D eigenvalue weighted by atomic mass is 9.98. The fraction of sp³-hybridized carbons (Fsp3) is 0.545. The molecule has 1 aliphatic carbocycles. The van der Waals surface area contributed by atoms with Gasteiger partial charge in [0.2, 0.25) is 0 Å². The van der Waals surface area contributed by atoms with Gasteiger partial charge in [-0.2, -0.15) is 0 Å². The van der Waals surface area contributed by atoms with Gasteiger partial charge in [0.25, 0.3) is 0 Å². The Morgan fingerprint density at radius 1 is 1.18 bits per heavy atom. The quantitative estimate of drug-likeness (QED) is 0.697. The Labute approximate surface area is 166 Å². The SMILES string of the molecule is CC(C)OC(=O)Cc1[nH]c2ccccc2c1CCNC(=O)OC1CCCCC1. The van der Waals surface area contributed by atoms with Crippen LogP contribution < -0.4 is 5.32 Å². The first-order valence-corrected chi connectivity index (χ1v) is 10.3. The van der Waals surface area contributed by atoms with E-state index < -0.39 is 0 Å². The van der Waals surface area contributed by atoms with Gasteiger partial charge in [0.15, 0.2) is 0 Å². The van der Waals surface area contributed by atoms with Gasteiger partial charge in [-0.05, 0) is 57.6 Å². The van der Waals surface area contributed by atoms with Crippen LogP contribution in [0.15, 0.2) is 24.3 Å². The summed E-state index contributed by atoms with van der Waals surface area (Å²) in [4.78, 5) is 27.5. The van der Waals surface area contributed by atoms with Gasteiger partial charge >= 0.3 is 12.1 Å². The molecule has 0 unspecified atom stereocenters. The van der Waals surface area contributed by atoms with Crippen molar-refractivity contribution in [1.82, 2.24) is 10.3 Å². The van der Waals surface area contributed by atoms with Crippen molar-refractivity contribution in [2.24, 2.45) is 0 Å². The summed E-state index contributed by atoms with van der Waals surface area (Å²) in [5.74, 6) is -0.257. The van der Waals surface area contributed by atoms with Crippen LogP contribution in [0.5, 0.6) is 0 Å². The molecule has 0 radical (unpaired) electrons. The molecule has 1 saturated carbocycles. The van der Waals surface area contributed by atoms with E-state index in [0.717, 1.165) is 47.8 Å². The maximum absolute atomic E-state index is 12.1. The van der Waals surface area contributed by atoms with Crippen LogP contribution in [0.4, 0.5) is 4.79 Å². The van der Waals surface area contributed by atoms with E-state index in [1.165, 1.54) is 6.42 Å². The number of carbonyl (C=O) groups is 2. The fourth-order valence-corrected chi connectivity index (χ4v) is 3.81. The standard InChI is InChI=1S/C22H30N2O4/c1-15(2)27-21(25)14-20-18(17-10-6-7-11-19(17)24-20)12-13-23-22(26)28-16-8-4-3-5-9-16/h6-7,10-11,15-16,24H,3-5,8-9,12-14H2,1-2H3,(H,23,26). The van der Waals surface area contributed by atoms with Crippen molar-refractivity contribution >= 4 is 23.0 Å². The molecule has 28 heavy (non-hydrogen) atoms. The molecular formula is C22H30N2O4. The number of rotatable bonds is 7. The number of carbonyl (C=O) groups excluding carboxylic acids is 2. The highest BCUT2D eigenvalue weighted by Gasteiger charge is 2.19. The van der Waals surface area contributed by atoms with E-state index >= 15 is 0 Å². The molecule has 1 aromatic heterocycles. The van der Waals surface area contributed by atoms with Gasteiger partial charge < -0.3 is 19.8 Å². The van der Waals surface area contributed by atoms with E-state index in [1.807, 2.05) is 38.1 Å². The number of esters is 1. The van der Waals surface area contributed by atoms with Gasteiger partial charge in [0.1, 0.15) is 6.10 Å². The number of fused-ring (bicyclic) bond motifs is 1. The summed E-state index contributed by atoms with van der Waals surface area (Å²) in [5.41, 5.74) is 2.86. The van der Waals surface area contributed by atoms with Crippen molar-refractivity contribution in [3.63, 3.8) is 0 Å². The minimum absolute atomic E-state index is 0.0446. The molecule has 0 saturated heterocycles. The van der Waals surface area contributed by atoms with Crippen LogP contribution in [-0.4, -0.2) is 35.8 Å². The third kappa shape index (κ3) is 5.50. The zero-order chi connectivity index (χ0) is 19.9. The van der Waals surface area contributed by atoms with E-state index in [9.17, 15) is 9.59 Å². The molecule has 152 valence electrons. The molecule has 6 nitrogen and oxygen atoms in total. The molecule has 1 fully saturated rings. The molecule has 0 atom stereocenters. The molecule has 1 amide bonds. The Kier molecular flexibility index (Phi) is 6.95. The van der Waals surface area contributed by atoms with Crippen LogP contribution in [0.3, 0.4) is 0 Å². The Bertz CT molecular complexity index is 806. The number of para-hydroxylation sites is 1. The first-order valence-electron chi connectivity index (χ1n) is 10.3. The largest absolute Gasteiger partial charge is 0.463 e. The predicted molar refractivity (Wildman–Crippen MR) is 108 cm³/mol. The third-order valence-corrected chi connectivity index (χ3v) is 5.06. The number of hydrogen-bond donors (Lipinski definition) is 2. The maximum Gasteiger partial charge on any atom is 0.407 e. The molecule has 1 aromatic carbocycles. The van der Waals surface area contributed by atoms with E-state index in [-0.39, 0.29) is 30.7 Å². The molecule has 0 bridgehead atoms. The van der Waals surface area contributed by atoms with Crippen LogP contribution in [0.2, 0.25) is 0 Å². The summed E-state index contributed by atoms with van der Waals surface area (Å²) in [7, 11) is 0. The van der Waals surface area contributed by atoms with Crippen molar-refractivity contribution in [2.75, 3.05) is 6.54 Å². The lowest BCUT2D eigenvalue weighted by Gasteiger charge is -2.21. The number of aromatic nitrogens is 1. The number of nitrogens with one attached hydrogen (secondary N) is 2. The normalized spacial score (nSPS) is 15.0. The van der Waals surface area contributed by atoms with E-state index in [2.05, 4.69) is 10.3 Å². The average molecular weight is 386 g/mol. The Morgan fingerprint density at radius 2 is 1.93 bits per heavy atom. The maximum atomic E-state index is 12.1. The summed E-state index contributed by atoms with van der Waals surface area (Å²) in [6, 6.07) is 7.94. The second kappa shape index (κ2) is 9.62. The fourth-order valence-electron chi connectivity index (χ4n) is 3.81. The molecule has 3 rings (SSSR count). The molecular weight excluding hydrogens is 356 g/mol. The summed E-state index contributed by atoms with van der Waals surface area (Å²) in [6.07, 6.45) is 5.75. The number of hydrogen-bond acceptors (Lipinski definition) is 4. The van der Waals surface area contributed by atoms with Gasteiger partial charge in [-0.15, -0.1) is 0 Å². The summed E-state index contributed by atoms with van der Waals surface area (Å²) in [5, 5.41) is 3.92. The third-order valence-electron chi connectivity index (χ3n) is 5.06. The van der Waals surface area contributed by atoms with Crippen LogP contribution in [0.25, 0.3) is 10.9 Å². The number of amides is 1. The molecule has 2 N–H and O–H groups in total. The van der Waals surface area contributed by atoms with Crippen molar-refractivity contribution < 1.29 is 19.1 Å². The highest BCUT2D eigenvalue weighted by atomic mass is 16.6. The summed E-state index contributed by atoms with van der Waals surface area (Å²) < 4.78 is 10.8. The number of aromatic amines is 1. The molecule has 0 spiro atoms. The Morgan fingerprint density at radius 3 is 2.68 bits per heavy atom. The average Bonchev–Trinajstić information content (AvgIpc) is 2.99. The van der Waals surface area contributed by atoms with Crippen LogP contribution in [-0.2, 0) is 27.1 Å². The monoisotopic (exact) mass is 386 g/mol. The van der Waals surface area contributed by atoms with Crippen molar-refractivity contribution in [2.45, 2.75) is 71.0 Å². The number of ether oxygens (including phenoxy) is 2. The van der Waals surface area contributed by atoms with Crippen LogP contribution in [0.1, 0.15) is 57.2 Å². The molecule has 0 aliphatic heterocycles. The second-order valence-electron chi connectivity index (χ2n) is 7.69. The molecule has 1 heterocycles. The lowest BCUT2D eigenvalue weighted by Crippen LogP contribution is -2.31. The van der Waals surface area contributed by atoms with E-state index in [0.29, 0.717) is 13.0 Å². The topological polar surface area (TPSA) is 80.4 Å². The molecule has 2 aromatic rings. The van der Waals surface area contributed by atoms with Crippen molar-refractivity contribution in [1.29, 1.82) is 0 Å². The highest BCUT2D eigenvalue weighted by molar-refractivity contribution is 5.86. The number of H-pyrrole nitrogens is 1. The minimum atomic E-state index is -0.354. The Hall–Kier alpha value is -2.50. The van der Waals surface area contributed by atoms with Gasteiger partial charge in [0.05, 0.1) is 12.5 Å². The van der Waals surface area contributed by atoms with E-state index in [4.69, 9.17) is 9.47 Å². The van der Waals surface area contributed by atoms with Gasteiger partial charge in [-0.1, -0.05) is 24.6 Å². The van der Waals surface area contributed by atoms with E-state index in [1.54, 1.807) is 0 Å². The van der Waals surface area contributed by atoms with Crippen LogP contribution in [0, 0.1) is 0 Å². The van der Waals surface area contributed by atoms with Gasteiger partial charge in [0, 0.05) is 23.1 Å². The second-order valence-corrected chi connectivity index (χ2v) is 7.69. The Balaban J connectivity index is 1.61. The summed E-state index contributed by atoms with van der Waals surface area (Å²) >= 11 is 0. The molecule has 1 aliphatic rings. The van der Waals surface area contributed by atoms with Gasteiger partial charge in [-0.3, -0.25) is 4.79 Å². The first kappa shape index (κ1) is 20.2. The first-order chi connectivity index (χ1) is 13.5. The van der Waals surface area contributed by atoms with Crippen molar-refractivity contribution in [3.05, 3.63) is 35.5 Å². The number of benzene rings is 1. The predicted octanol–water partition coefficient (Wildman–Crippen LogP) is 4.26.